The van der Waals surface area contributed by atoms with Crippen molar-refractivity contribution < 1.29 is 5.11 Å². The zero-order valence-corrected chi connectivity index (χ0v) is 14.5. The number of hydrogen-bond acceptors (Lipinski definition) is 2. The Kier molecular flexibility index (Phi) is 4.29. The lowest BCUT2D eigenvalue weighted by atomic mass is 9.77. The summed E-state index contributed by atoms with van der Waals surface area (Å²) >= 11 is 0. The number of hydrogen-bond donors (Lipinski definition) is 1. The molecule has 126 valence electrons. The van der Waals surface area contributed by atoms with E-state index in [1.54, 1.807) is 35.4 Å². The number of rotatable bonds is 0. The van der Waals surface area contributed by atoms with E-state index in [1.165, 1.54) is 29.7 Å². The maximum Gasteiger partial charge on any atom is 0.115 e. The Labute approximate surface area is 149 Å². The fraction of sp³-hybridized carbons (Fsp3) is 0.217. The molecule has 1 N–H and O–H groups in total. The molecule has 5 rings (SSSR count). The smallest absolute Gasteiger partial charge is 0.115 e. The van der Waals surface area contributed by atoms with E-state index in [2.05, 4.69) is 54.4 Å². The zero-order chi connectivity index (χ0) is 17.2. The predicted molar refractivity (Wildman–Crippen MR) is 103 cm³/mol. The number of aromatic hydroxyl groups is 1. The second-order valence-electron chi connectivity index (χ2n) is 6.82. The summed E-state index contributed by atoms with van der Waals surface area (Å²) in [4.78, 5) is 2.52. The molecule has 1 atom stereocenters. The first-order chi connectivity index (χ1) is 12.2. The molecule has 0 bridgehead atoms. The number of nitrogens with zero attached hydrogens (tertiary/aromatic N) is 1. The minimum absolute atomic E-state index is 0.322. The molecule has 1 aliphatic heterocycles. The molecule has 0 radical (unpaired) electrons. The second kappa shape index (κ2) is 6.73. The van der Waals surface area contributed by atoms with Crippen molar-refractivity contribution >= 4 is 0 Å². The van der Waals surface area contributed by atoms with Gasteiger partial charge in [0.05, 0.1) is 0 Å². The van der Waals surface area contributed by atoms with Crippen molar-refractivity contribution in [2.45, 2.75) is 18.9 Å². The van der Waals surface area contributed by atoms with Crippen LogP contribution in [0.4, 0.5) is 0 Å². The Morgan fingerprint density at radius 3 is 2.24 bits per heavy atom. The fourth-order valence-electron chi connectivity index (χ4n) is 3.99. The van der Waals surface area contributed by atoms with Gasteiger partial charge >= 0.3 is 0 Å². The van der Waals surface area contributed by atoms with Crippen molar-refractivity contribution in [3.63, 3.8) is 0 Å². The first kappa shape index (κ1) is 15.9. The topological polar surface area (TPSA) is 23.5 Å². The molecule has 1 heterocycles. The Hall–Kier alpha value is -2.58. The highest BCUT2D eigenvalue weighted by molar-refractivity contribution is 5.75. The highest BCUT2D eigenvalue weighted by Gasteiger charge is 2.31. The Morgan fingerprint density at radius 1 is 0.800 bits per heavy atom. The molecule has 1 aliphatic carbocycles. The van der Waals surface area contributed by atoms with Gasteiger partial charge in [-0.25, -0.2) is 0 Å². The summed E-state index contributed by atoms with van der Waals surface area (Å²) in [6.45, 7) is 1.18. The molecule has 3 aromatic rings. The van der Waals surface area contributed by atoms with Crippen molar-refractivity contribution in [2.24, 2.45) is 0 Å². The molecule has 0 amide bonds. The van der Waals surface area contributed by atoms with E-state index in [0.29, 0.717) is 11.8 Å². The third-order valence-corrected chi connectivity index (χ3v) is 5.27. The molecule has 2 heteroatoms. The first-order valence-corrected chi connectivity index (χ1v) is 8.88. The van der Waals surface area contributed by atoms with Crippen LogP contribution in [0, 0.1) is 0 Å². The van der Waals surface area contributed by atoms with Crippen molar-refractivity contribution in [3.05, 3.63) is 89.5 Å². The van der Waals surface area contributed by atoms with Gasteiger partial charge in [0.25, 0.3) is 0 Å². The van der Waals surface area contributed by atoms with E-state index in [0.717, 1.165) is 6.42 Å². The van der Waals surface area contributed by atoms with Crippen LogP contribution in [0.3, 0.4) is 0 Å². The molecule has 0 saturated carbocycles. The number of likely N-dealkylation sites (N-methyl/N-ethyl adjacent to an activating group) is 1. The SMILES string of the molecule is CN1CCc2cccc3c2C1Cc1ccccc1-3.Oc1ccccc1. The van der Waals surface area contributed by atoms with Crippen LogP contribution in [0.25, 0.3) is 11.1 Å². The molecule has 25 heavy (non-hydrogen) atoms. The van der Waals surface area contributed by atoms with Gasteiger partial charge in [0.2, 0.25) is 0 Å². The van der Waals surface area contributed by atoms with Crippen molar-refractivity contribution in [3.8, 4) is 16.9 Å². The largest absolute Gasteiger partial charge is 0.508 e. The summed E-state index contributed by atoms with van der Waals surface area (Å²) < 4.78 is 0. The van der Waals surface area contributed by atoms with Gasteiger partial charge < -0.3 is 5.11 Å². The van der Waals surface area contributed by atoms with Crippen molar-refractivity contribution in [1.29, 1.82) is 0 Å². The van der Waals surface area contributed by atoms with Crippen molar-refractivity contribution in [2.75, 3.05) is 13.6 Å². The van der Waals surface area contributed by atoms with Gasteiger partial charge in [0.15, 0.2) is 0 Å². The van der Waals surface area contributed by atoms with E-state index < -0.39 is 0 Å². The van der Waals surface area contributed by atoms with Crippen LogP contribution in [0.15, 0.2) is 72.8 Å². The number of benzene rings is 3. The molecular weight excluding hydrogens is 306 g/mol. The molecule has 0 aromatic heterocycles. The van der Waals surface area contributed by atoms with Gasteiger partial charge in [-0.1, -0.05) is 60.7 Å². The minimum Gasteiger partial charge on any atom is -0.508 e. The number of phenolic OH excluding ortho intramolecular Hbond substituents is 1. The van der Waals surface area contributed by atoms with Gasteiger partial charge in [-0.05, 0) is 59.8 Å². The van der Waals surface area contributed by atoms with Crippen LogP contribution in [0.5, 0.6) is 5.75 Å². The average molecular weight is 329 g/mol. The van der Waals surface area contributed by atoms with Gasteiger partial charge in [-0.2, -0.15) is 0 Å². The summed E-state index contributed by atoms with van der Waals surface area (Å²) in [7, 11) is 2.26. The third-order valence-electron chi connectivity index (χ3n) is 5.27. The van der Waals surface area contributed by atoms with Crippen LogP contribution in [-0.4, -0.2) is 23.6 Å². The second-order valence-corrected chi connectivity index (χ2v) is 6.82. The molecule has 0 fully saturated rings. The fourth-order valence-corrected chi connectivity index (χ4v) is 3.99. The normalized spacial score (nSPS) is 17.7. The maximum atomic E-state index is 8.63. The van der Waals surface area contributed by atoms with Crippen LogP contribution in [0.2, 0.25) is 0 Å². The Morgan fingerprint density at radius 2 is 1.48 bits per heavy atom. The Bertz CT molecular complexity index is 872. The van der Waals surface area contributed by atoms with E-state index in [9.17, 15) is 0 Å². The number of phenols is 1. The van der Waals surface area contributed by atoms with E-state index in [-0.39, 0.29) is 0 Å². The minimum atomic E-state index is 0.322. The molecule has 2 aliphatic rings. The summed E-state index contributed by atoms with van der Waals surface area (Å²) in [6.07, 6.45) is 2.36. The highest BCUT2D eigenvalue weighted by atomic mass is 16.3. The number of para-hydroxylation sites is 1. The summed E-state index contributed by atoms with van der Waals surface area (Å²) in [5, 5.41) is 8.63. The van der Waals surface area contributed by atoms with E-state index in [1.807, 2.05) is 6.07 Å². The lowest BCUT2D eigenvalue weighted by molar-refractivity contribution is 0.228. The lowest BCUT2D eigenvalue weighted by Crippen LogP contribution is -2.35. The van der Waals surface area contributed by atoms with Gasteiger partial charge in [0, 0.05) is 12.6 Å². The van der Waals surface area contributed by atoms with E-state index in [4.69, 9.17) is 5.11 Å². The molecule has 1 unspecified atom stereocenters. The molecule has 3 aromatic carbocycles. The Balaban J connectivity index is 0.000000190. The van der Waals surface area contributed by atoms with Crippen LogP contribution in [0.1, 0.15) is 22.7 Å². The monoisotopic (exact) mass is 329 g/mol. The highest BCUT2D eigenvalue weighted by Crippen LogP contribution is 2.44. The zero-order valence-electron chi connectivity index (χ0n) is 14.5. The number of fused-ring (bicyclic) bond motifs is 2. The predicted octanol–water partition coefficient (Wildman–Crippen LogP) is 4.83. The van der Waals surface area contributed by atoms with E-state index >= 15 is 0 Å². The summed E-state index contributed by atoms with van der Waals surface area (Å²) in [6, 6.07) is 25.0. The van der Waals surface area contributed by atoms with Crippen molar-refractivity contribution in [1.82, 2.24) is 4.90 Å². The molecule has 2 nitrogen and oxygen atoms in total. The summed E-state index contributed by atoms with van der Waals surface area (Å²) in [5.74, 6) is 0.322. The van der Waals surface area contributed by atoms with Gasteiger partial charge in [-0.3, -0.25) is 4.90 Å². The molecular formula is C23H23NO. The first-order valence-electron chi connectivity index (χ1n) is 8.88. The van der Waals surface area contributed by atoms with Crippen LogP contribution in [-0.2, 0) is 12.8 Å². The van der Waals surface area contributed by atoms with Gasteiger partial charge in [0.1, 0.15) is 5.75 Å². The third kappa shape index (κ3) is 3.06. The quantitative estimate of drug-likeness (QED) is 0.638. The average Bonchev–Trinajstić information content (AvgIpc) is 2.66. The standard InChI is InChI=1S/C17H17N.C6H6O/c1-18-10-9-12-6-4-8-15-14-7-3-2-5-13(14)11-16(18)17(12)15;7-6-4-2-1-3-5-6/h2-8,16H,9-11H2,1H3;1-5,7H. The maximum absolute atomic E-state index is 8.63. The lowest BCUT2D eigenvalue weighted by Gasteiger charge is -2.39. The van der Waals surface area contributed by atoms with Crippen LogP contribution < -0.4 is 0 Å². The molecule has 0 saturated heterocycles. The summed E-state index contributed by atoms with van der Waals surface area (Å²) in [5.41, 5.74) is 7.56. The molecule has 0 spiro atoms. The van der Waals surface area contributed by atoms with Crippen LogP contribution >= 0.6 is 0 Å². The van der Waals surface area contributed by atoms with Gasteiger partial charge in [-0.15, -0.1) is 0 Å².